The number of nitrogens with one attached hydrogen (secondary N) is 2. The smallest absolute Gasteiger partial charge is 0.319 e. The first-order chi connectivity index (χ1) is 15.7. The van der Waals surface area contributed by atoms with Crippen LogP contribution in [0.4, 0.5) is 16.3 Å². The van der Waals surface area contributed by atoms with Gasteiger partial charge in [-0.2, -0.15) is 0 Å². The second kappa shape index (κ2) is 10.4. The summed E-state index contributed by atoms with van der Waals surface area (Å²) in [5, 5.41) is 5.55. The molecule has 2 N–H and O–H groups in total. The van der Waals surface area contributed by atoms with Crippen molar-refractivity contribution in [1.82, 2.24) is 24.8 Å². The molecule has 1 fully saturated rings. The van der Waals surface area contributed by atoms with E-state index in [1.54, 1.807) is 18.7 Å². The Labute approximate surface area is 187 Å². The van der Waals surface area contributed by atoms with Crippen LogP contribution in [0.3, 0.4) is 0 Å². The Hall–Kier alpha value is -3.88. The number of aromatic nitrogens is 3. The molecule has 0 spiro atoms. The fraction of sp³-hybridized carbons (Fsp3) is 0.304. The summed E-state index contributed by atoms with van der Waals surface area (Å²) in [6.45, 7) is 3.86. The molecule has 1 aliphatic rings. The molecule has 0 aliphatic carbocycles. The number of carbonyl (C=O) groups is 2. The number of imidazole rings is 1. The third-order valence-corrected chi connectivity index (χ3v) is 5.37. The summed E-state index contributed by atoms with van der Waals surface area (Å²) in [5.41, 5.74) is 1.82. The quantitative estimate of drug-likeness (QED) is 0.596. The van der Waals surface area contributed by atoms with Crippen molar-refractivity contribution in [1.29, 1.82) is 0 Å². The van der Waals surface area contributed by atoms with Crippen LogP contribution in [0.25, 0.3) is 0 Å². The summed E-state index contributed by atoms with van der Waals surface area (Å²) in [5.74, 6) is 0.988. The SMILES string of the molecule is O=C(NCCC(=O)N1CCN(c2ccccn2)CC1)Nc1ccc(Cn2ccnc2)cc1. The Morgan fingerprint density at radius 1 is 0.969 bits per heavy atom. The van der Waals surface area contributed by atoms with Crippen molar-refractivity contribution in [3.8, 4) is 0 Å². The van der Waals surface area contributed by atoms with Gasteiger partial charge in [0.25, 0.3) is 0 Å². The van der Waals surface area contributed by atoms with Crippen LogP contribution in [0.2, 0.25) is 0 Å². The third-order valence-electron chi connectivity index (χ3n) is 5.37. The predicted molar refractivity (Wildman–Crippen MR) is 122 cm³/mol. The highest BCUT2D eigenvalue weighted by molar-refractivity contribution is 5.89. The number of benzene rings is 1. The number of rotatable bonds is 7. The minimum absolute atomic E-state index is 0.0508. The second-order valence-electron chi connectivity index (χ2n) is 7.62. The van der Waals surface area contributed by atoms with E-state index in [1.165, 1.54) is 0 Å². The standard InChI is InChI=1S/C23H27N7O2/c31-22(30-15-13-29(14-16-30)21-3-1-2-9-25-21)8-10-26-23(32)27-20-6-4-19(5-7-20)17-28-12-11-24-18-28/h1-7,9,11-12,18H,8,10,13-17H2,(H2,26,27,32). The van der Waals surface area contributed by atoms with E-state index < -0.39 is 0 Å². The van der Waals surface area contributed by atoms with Crippen LogP contribution >= 0.6 is 0 Å². The lowest BCUT2D eigenvalue weighted by Gasteiger charge is -2.35. The van der Waals surface area contributed by atoms with E-state index in [4.69, 9.17) is 0 Å². The van der Waals surface area contributed by atoms with Crippen molar-refractivity contribution in [2.24, 2.45) is 0 Å². The summed E-state index contributed by atoms with van der Waals surface area (Å²) in [6, 6.07) is 13.2. The maximum atomic E-state index is 12.5. The molecule has 0 bridgehead atoms. The van der Waals surface area contributed by atoms with Gasteiger partial charge in [0.05, 0.1) is 6.33 Å². The molecule has 0 unspecified atom stereocenters. The van der Waals surface area contributed by atoms with Crippen LogP contribution in [-0.4, -0.2) is 64.1 Å². The van der Waals surface area contributed by atoms with E-state index in [9.17, 15) is 9.59 Å². The summed E-state index contributed by atoms with van der Waals surface area (Å²) in [7, 11) is 0. The Morgan fingerprint density at radius 2 is 1.78 bits per heavy atom. The van der Waals surface area contributed by atoms with E-state index >= 15 is 0 Å². The number of urea groups is 1. The molecular weight excluding hydrogens is 406 g/mol. The van der Waals surface area contributed by atoms with Crippen molar-refractivity contribution in [2.75, 3.05) is 42.9 Å². The number of carbonyl (C=O) groups excluding carboxylic acids is 2. The highest BCUT2D eigenvalue weighted by atomic mass is 16.2. The normalized spacial score (nSPS) is 13.6. The van der Waals surface area contributed by atoms with Gasteiger partial charge in [-0.25, -0.2) is 14.8 Å². The Balaban J connectivity index is 1.14. The zero-order valence-corrected chi connectivity index (χ0v) is 17.9. The van der Waals surface area contributed by atoms with Crippen LogP contribution in [0.1, 0.15) is 12.0 Å². The molecule has 1 saturated heterocycles. The van der Waals surface area contributed by atoms with Gasteiger partial charge in [-0.3, -0.25) is 4.79 Å². The Kier molecular flexibility index (Phi) is 6.96. The third kappa shape index (κ3) is 5.84. The van der Waals surface area contributed by atoms with Gasteiger partial charge < -0.3 is 25.0 Å². The van der Waals surface area contributed by atoms with Gasteiger partial charge in [0.2, 0.25) is 5.91 Å². The summed E-state index contributed by atoms with van der Waals surface area (Å²) in [6.07, 6.45) is 7.47. The van der Waals surface area contributed by atoms with E-state index in [-0.39, 0.29) is 18.4 Å². The number of hydrogen-bond acceptors (Lipinski definition) is 5. The molecule has 1 aliphatic heterocycles. The minimum Gasteiger partial charge on any atom is -0.353 e. The average molecular weight is 434 g/mol. The topological polar surface area (TPSA) is 95.4 Å². The second-order valence-corrected chi connectivity index (χ2v) is 7.62. The summed E-state index contributed by atoms with van der Waals surface area (Å²) in [4.78, 5) is 37.0. The first-order valence-corrected chi connectivity index (χ1v) is 10.7. The largest absolute Gasteiger partial charge is 0.353 e. The molecule has 166 valence electrons. The first kappa shape index (κ1) is 21.4. The van der Waals surface area contributed by atoms with Crippen LogP contribution in [0, 0.1) is 0 Å². The molecular formula is C23H27N7O2. The molecule has 9 nitrogen and oxygen atoms in total. The fourth-order valence-electron chi connectivity index (χ4n) is 3.63. The predicted octanol–water partition coefficient (Wildman–Crippen LogP) is 2.19. The van der Waals surface area contributed by atoms with E-state index in [0.717, 1.165) is 31.0 Å². The zero-order valence-electron chi connectivity index (χ0n) is 17.9. The number of nitrogens with zero attached hydrogens (tertiary/aromatic N) is 5. The first-order valence-electron chi connectivity index (χ1n) is 10.7. The molecule has 9 heteroatoms. The number of anilines is 2. The summed E-state index contributed by atoms with van der Waals surface area (Å²) < 4.78 is 1.98. The lowest BCUT2D eigenvalue weighted by Crippen LogP contribution is -2.49. The molecule has 2 aromatic heterocycles. The molecule has 1 aromatic carbocycles. The number of pyridine rings is 1. The molecule has 3 heterocycles. The number of piperazine rings is 1. The molecule has 32 heavy (non-hydrogen) atoms. The molecule has 0 saturated carbocycles. The van der Waals surface area contributed by atoms with Crippen LogP contribution in [0.15, 0.2) is 67.4 Å². The van der Waals surface area contributed by atoms with Crippen LogP contribution < -0.4 is 15.5 Å². The van der Waals surface area contributed by atoms with Crippen molar-refractivity contribution < 1.29 is 9.59 Å². The lowest BCUT2D eigenvalue weighted by atomic mass is 10.2. The van der Waals surface area contributed by atoms with Gasteiger partial charge in [0.15, 0.2) is 0 Å². The fourth-order valence-corrected chi connectivity index (χ4v) is 3.63. The van der Waals surface area contributed by atoms with Gasteiger partial charge in [0, 0.05) is 70.0 Å². The van der Waals surface area contributed by atoms with Gasteiger partial charge in [-0.05, 0) is 29.8 Å². The maximum absolute atomic E-state index is 12.5. The lowest BCUT2D eigenvalue weighted by molar-refractivity contribution is -0.131. The van der Waals surface area contributed by atoms with Crippen molar-refractivity contribution in [2.45, 2.75) is 13.0 Å². The molecule has 3 aromatic rings. The number of hydrogen-bond donors (Lipinski definition) is 2. The minimum atomic E-state index is -0.319. The van der Waals surface area contributed by atoms with Crippen molar-refractivity contribution >= 4 is 23.4 Å². The molecule has 4 rings (SSSR count). The van der Waals surface area contributed by atoms with Gasteiger partial charge in [-0.15, -0.1) is 0 Å². The van der Waals surface area contributed by atoms with Gasteiger partial charge in [-0.1, -0.05) is 18.2 Å². The van der Waals surface area contributed by atoms with Gasteiger partial charge in [0.1, 0.15) is 5.82 Å². The monoisotopic (exact) mass is 433 g/mol. The maximum Gasteiger partial charge on any atom is 0.319 e. The molecule has 3 amide bonds. The van der Waals surface area contributed by atoms with E-state index in [2.05, 4.69) is 25.5 Å². The molecule has 0 radical (unpaired) electrons. The van der Waals surface area contributed by atoms with E-state index in [0.29, 0.717) is 25.3 Å². The Bertz CT molecular complexity index is 999. The highest BCUT2D eigenvalue weighted by Crippen LogP contribution is 2.13. The zero-order chi connectivity index (χ0) is 22.2. The Morgan fingerprint density at radius 3 is 2.47 bits per heavy atom. The summed E-state index contributed by atoms with van der Waals surface area (Å²) >= 11 is 0. The van der Waals surface area contributed by atoms with Crippen molar-refractivity contribution in [3.63, 3.8) is 0 Å². The highest BCUT2D eigenvalue weighted by Gasteiger charge is 2.21. The van der Waals surface area contributed by atoms with Crippen LogP contribution in [-0.2, 0) is 11.3 Å². The average Bonchev–Trinajstić information content (AvgIpc) is 3.34. The molecule has 0 atom stereocenters. The van der Waals surface area contributed by atoms with Crippen molar-refractivity contribution in [3.05, 3.63) is 72.9 Å². The number of amides is 3. The van der Waals surface area contributed by atoms with E-state index in [1.807, 2.05) is 58.1 Å². The van der Waals surface area contributed by atoms with Gasteiger partial charge >= 0.3 is 6.03 Å². The van der Waals surface area contributed by atoms with Crippen LogP contribution in [0.5, 0.6) is 0 Å².